The van der Waals surface area contributed by atoms with E-state index in [9.17, 15) is 0 Å². The third kappa shape index (κ3) is 2.37. The van der Waals surface area contributed by atoms with Gasteiger partial charge in [0.2, 0.25) is 0 Å². The van der Waals surface area contributed by atoms with E-state index in [1.54, 1.807) is 0 Å². The van der Waals surface area contributed by atoms with E-state index in [4.69, 9.17) is 4.74 Å². The van der Waals surface area contributed by atoms with Gasteiger partial charge in [-0.3, -0.25) is 4.98 Å². The van der Waals surface area contributed by atoms with Gasteiger partial charge in [-0.2, -0.15) is 0 Å². The number of rotatable bonds is 3. The van der Waals surface area contributed by atoms with E-state index in [0.717, 1.165) is 24.1 Å². The average Bonchev–Trinajstić information content (AvgIpc) is 2.64. The second-order valence-electron chi connectivity index (χ2n) is 5.98. The SMILES string of the molecule is CC(C)Oc1cncc(C2CC3CNCC2C3)c1. The molecular weight excluding hydrogens is 224 g/mol. The molecule has 0 spiro atoms. The fourth-order valence-corrected chi connectivity index (χ4v) is 3.49. The number of nitrogens with one attached hydrogen (secondary N) is 1. The van der Waals surface area contributed by atoms with Gasteiger partial charge in [0.25, 0.3) is 0 Å². The molecule has 1 saturated carbocycles. The number of hydrogen-bond acceptors (Lipinski definition) is 3. The maximum absolute atomic E-state index is 5.75. The summed E-state index contributed by atoms with van der Waals surface area (Å²) in [4.78, 5) is 4.35. The van der Waals surface area contributed by atoms with Gasteiger partial charge in [0.15, 0.2) is 0 Å². The van der Waals surface area contributed by atoms with Gasteiger partial charge in [-0.15, -0.1) is 0 Å². The van der Waals surface area contributed by atoms with Crippen LogP contribution in [0.2, 0.25) is 0 Å². The van der Waals surface area contributed by atoms with Crippen LogP contribution in [0.15, 0.2) is 18.5 Å². The monoisotopic (exact) mass is 246 g/mol. The number of piperidine rings is 1. The van der Waals surface area contributed by atoms with Gasteiger partial charge in [0, 0.05) is 6.20 Å². The maximum atomic E-state index is 5.75. The molecule has 3 atom stereocenters. The topological polar surface area (TPSA) is 34.1 Å². The Morgan fingerprint density at radius 3 is 2.94 bits per heavy atom. The highest BCUT2D eigenvalue weighted by atomic mass is 16.5. The first-order valence-electron chi connectivity index (χ1n) is 7.04. The van der Waals surface area contributed by atoms with E-state index in [1.807, 2.05) is 12.4 Å². The molecule has 3 nitrogen and oxygen atoms in total. The summed E-state index contributed by atoms with van der Waals surface area (Å²) in [5, 5.41) is 3.54. The van der Waals surface area contributed by atoms with Crippen LogP contribution in [0, 0.1) is 11.8 Å². The summed E-state index contributed by atoms with van der Waals surface area (Å²) >= 11 is 0. The largest absolute Gasteiger partial charge is 0.489 e. The molecule has 1 aromatic heterocycles. The summed E-state index contributed by atoms with van der Waals surface area (Å²) < 4.78 is 5.75. The lowest BCUT2D eigenvalue weighted by Gasteiger charge is -2.22. The van der Waals surface area contributed by atoms with Crippen molar-refractivity contribution >= 4 is 0 Å². The van der Waals surface area contributed by atoms with Crippen molar-refractivity contribution < 1.29 is 4.74 Å². The van der Waals surface area contributed by atoms with Gasteiger partial charge in [0.1, 0.15) is 5.75 Å². The van der Waals surface area contributed by atoms with Crippen LogP contribution in [0.25, 0.3) is 0 Å². The summed E-state index contributed by atoms with van der Waals surface area (Å²) in [5.41, 5.74) is 1.37. The van der Waals surface area contributed by atoms with Crippen LogP contribution in [0.5, 0.6) is 5.75 Å². The smallest absolute Gasteiger partial charge is 0.138 e. The zero-order chi connectivity index (χ0) is 12.5. The first kappa shape index (κ1) is 12.0. The molecule has 2 bridgehead atoms. The Hall–Kier alpha value is -1.09. The van der Waals surface area contributed by atoms with E-state index < -0.39 is 0 Å². The van der Waals surface area contributed by atoms with E-state index in [1.165, 1.54) is 24.9 Å². The lowest BCUT2D eigenvalue weighted by Crippen LogP contribution is -2.31. The van der Waals surface area contributed by atoms with Crippen molar-refractivity contribution in [3.63, 3.8) is 0 Å². The Labute approximate surface area is 109 Å². The van der Waals surface area contributed by atoms with E-state index in [0.29, 0.717) is 5.92 Å². The predicted octanol–water partition coefficient (Wildman–Crippen LogP) is 2.58. The van der Waals surface area contributed by atoms with Crippen LogP contribution >= 0.6 is 0 Å². The minimum atomic E-state index is 0.214. The fourth-order valence-electron chi connectivity index (χ4n) is 3.49. The van der Waals surface area contributed by atoms with Crippen molar-refractivity contribution in [2.75, 3.05) is 13.1 Å². The van der Waals surface area contributed by atoms with E-state index in [2.05, 4.69) is 30.2 Å². The number of ether oxygens (including phenoxy) is 1. The Morgan fingerprint density at radius 1 is 1.28 bits per heavy atom. The Kier molecular flexibility index (Phi) is 3.25. The molecule has 2 heterocycles. The highest BCUT2D eigenvalue weighted by Gasteiger charge is 2.37. The number of fused-ring (bicyclic) bond motifs is 2. The average molecular weight is 246 g/mol. The minimum absolute atomic E-state index is 0.214. The molecule has 2 fully saturated rings. The van der Waals surface area contributed by atoms with Crippen LogP contribution < -0.4 is 10.1 Å². The van der Waals surface area contributed by atoms with Gasteiger partial charge >= 0.3 is 0 Å². The van der Waals surface area contributed by atoms with Crippen molar-refractivity contribution in [2.45, 2.75) is 38.7 Å². The van der Waals surface area contributed by atoms with Gasteiger partial charge in [-0.25, -0.2) is 0 Å². The second kappa shape index (κ2) is 4.88. The standard InChI is InChI=1S/C15H22N2O/c1-10(2)18-14-5-13(8-17-9-14)15-4-11-3-12(15)7-16-6-11/h5,8-12,15-16H,3-4,6-7H2,1-2H3. The predicted molar refractivity (Wildman–Crippen MR) is 71.8 cm³/mol. The first-order chi connectivity index (χ1) is 8.72. The molecule has 1 aliphatic heterocycles. The van der Waals surface area contributed by atoms with Crippen molar-refractivity contribution in [1.29, 1.82) is 0 Å². The lowest BCUT2D eigenvalue weighted by atomic mass is 9.90. The fraction of sp³-hybridized carbons (Fsp3) is 0.667. The molecule has 0 amide bonds. The molecule has 2 aliphatic rings. The summed E-state index contributed by atoms with van der Waals surface area (Å²) in [6.45, 7) is 6.47. The molecule has 1 aromatic rings. The highest BCUT2D eigenvalue weighted by Crippen LogP contribution is 2.44. The van der Waals surface area contributed by atoms with Gasteiger partial charge in [-0.1, -0.05) is 0 Å². The number of hydrogen-bond donors (Lipinski definition) is 1. The zero-order valence-electron chi connectivity index (χ0n) is 11.2. The molecule has 3 rings (SSSR count). The molecule has 98 valence electrons. The van der Waals surface area contributed by atoms with Crippen LogP contribution in [-0.4, -0.2) is 24.2 Å². The van der Waals surface area contributed by atoms with Crippen LogP contribution in [0.1, 0.15) is 38.2 Å². The Bertz CT molecular complexity index is 419. The number of pyridine rings is 1. The first-order valence-corrected chi connectivity index (χ1v) is 7.04. The molecule has 3 unspecified atom stereocenters. The quantitative estimate of drug-likeness (QED) is 0.890. The molecule has 18 heavy (non-hydrogen) atoms. The van der Waals surface area contributed by atoms with Crippen LogP contribution in [0.4, 0.5) is 0 Å². The number of aromatic nitrogens is 1. The lowest BCUT2D eigenvalue weighted by molar-refractivity contribution is 0.241. The number of nitrogens with zero attached hydrogens (tertiary/aromatic N) is 1. The highest BCUT2D eigenvalue weighted by molar-refractivity contribution is 5.28. The molecule has 1 saturated heterocycles. The van der Waals surface area contributed by atoms with Crippen molar-refractivity contribution in [1.82, 2.24) is 10.3 Å². The Morgan fingerprint density at radius 2 is 2.17 bits per heavy atom. The van der Waals surface area contributed by atoms with E-state index in [-0.39, 0.29) is 6.10 Å². The van der Waals surface area contributed by atoms with Crippen molar-refractivity contribution in [3.05, 3.63) is 24.0 Å². The molecule has 3 heteroatoms. The normalized spacial score (nSPS) is 30.7. The molecular formula is C15H22N2O. The van der Waals surface area contributed by atoms with Crippen molar-refractivity contribution in [2.24, 2.45) is 11.8 Å². The molecule has 1 N–H and O–H groups in total. The summed E-state index contributed by atoms with van der Waals surface area (Å²) in [7, 11) is 0. The zero-order valence-corrected chi connectivity index (χ0v) is 11.2. The van der Waals surface area contributed by atoms with E-state index >= 15 is 0 Å². The second-order valence-corrected chi connectivity index (χ2v) is 5.98. The van der Waals surface area contributed by atoms with Crippen LogP contribution in [0.3, 0.4) is 0 Å². The minimum Gasteiger partial charge on any atom is -0.489 e. The Balaban J connectivity index is 1.79. The summed E-state index contributed by atoms with van der Waals surface area (Å²) in [6.07, 6.45) is 6.75. The van der Waals surface area contributed by atoms with Crippen molar-refractivity contribution in [3.8, 4) is 5.75 Å². The molecule has 1 aliphatic carbocycles. The summed E-state index contributed by atoms with van der Waals surface area (Å²) in [6, 6.07) is 2.19. The third-order valence-corrected chi connectivity index (χ3v) is 4.17. The van der Waals surface area contributed by atoms with Gasteiger partial charge < -0.3 is 10.1 Å². The molecule has 0 aromatic carbocycles. The maximum Gasteiger partial charge on any atom is 0.138 e. The van der Waals surface area contributed by atoms with Gasteiger partial charge in [0.05, 0.1) is 12.3 Å². The summed E-state index contributed by atoms with van der Waals surface area (Å²) in [5.74, 6) is 3.24. The van der Waals surface area contributed by atoms with Gasteiger partial charge in [-0.05, 0) is 69.2 Å². The molecule has 0 radical (unpaired) electrons. The van der Waals surface area contributed by atoms with Crippen LogP contribution in [-0.2, 0) is 0 Å². The third-order valence-electron chi connectivity index (χ3n) is 4.17.